The summed E-state index contributed by atoms with van der Waals surface area (Å²) in [6.07, 6.45) is -10.4. The van der Waals surface area contributed by atoms with Gasteiger partial charge in [0.25, 0.3) is 5.91 Å². The minimum Gasteiger partial charge on any atom is -0.450 e. The number of pyridine rings is 1. The molecule has 3 rings (SSSR count). The van der Waals surface area contributed by atoms with Gasteiger partial charge in [-0.3, -0.25) is 4.79 Å². The number of piperazine rings is 1. The van der Waals surface area contributed by atoms with Gasteiger partial charge < -0.3 is 14.5 Å². The van der Waals surface area contributed by atoms with E-state index in [4.69, 9.17) is 4.74 Å². The lowest BCUT2D eigenvalue weighted by Gasteiger charge is -2.34. The number of aromatic nitrogens is 1. The van der Waals surface area contributed by atoms with Gasteiger partial charge in [0.15, 0.2) is 5.69 Å². The summed E-state index contributed by atoms with van der Waals surface area (Å²) in [4.78, 5) is 30.7. The maximum Gasteiger partial charge on any atom is 0.434 e. The smallest absolute Gasteiger partial charge is 0.434 e. The number of halogens is 6. The molecule has 7 nitrogen and oxygen atoms in total. The fourth-order valence-corrected chi connectivity index (χ4v) is 3.49. The van der Waals surface area contributed by atoms with Crippen LogP contribution in [0.15, 0.2) is 30.3 Å². The van der Waals surface area contributed by atoms with Crippen molar-refractivity contribution in [2.24, 2.45) is 0 Å². The number of amides is 2. The highest BCUT2D eigenvalue weighted by molar-refractivity contribution is 5.96. The van der Waals surface area contributed by atoms with Crippen LogP contribution in [0.1, 0.15) is 34.1 Å². The number of hydrogen-bond donors (Lipinski definition) is 0. The molecule has 1 aliphatic rings. The molecule has 0 atom stereocenters. The summed E-state index contributed by atoms with van der Waals surface area (Å²) < 4.78 is 84.9. The van der Waals surface area contributed by atoms with Crippen LogP contribution in [-0.2, 0) is 17.1 Å². The number of alkyl halides is 6. The molecule has 2 heterocycles. The van der Waals surface area contributed by atoms with E-state index < -0.39 is 52.4 Å². The number of carbonyl (C=O) groups excluding carboxylic acids is 2. The molecule has 0 saturated carbocycles. The van der Waals surface area contributed by atoms with Gasteiger partial charge in [0.2, 0.25) is 0 Å². The largest absolute Gasteiger partial charge is 0.450 e. The zero-order chi connectivity index (χ0) is 26.0. The summed E-state index contributed by atoms with van der Waals surface area (Å²) in [6, 6.07) is 5.53. The zero-order valence-corrected chi connectivity index (χ0v) is 18.2. The molecule has 0 N–H and O–H groups in total. The lowest BCUT2D eigenvalue weighted by molar-refractivity contribution is -0.141. The van der Waals surface area contributed by atoms with Crippen LogP contribution in [-0.4, -0.2) is 59.6 Å². The molecule has 0 spiro atoms. The molecule has 2 amide bonds. The van der Waals surface area contributed by atoms with Crippen LogP contribution in [0.25, 0.3) is 11.3 Å². The number of ether oxygens (including phenoxy) is 1. The Bertz CT molecular complexity index is 1150. The van der Waals surface area contributed by atoms with E-state index in [2.05, 4.69) is 4.98 Å². The average Bonchev–Trinajstić information content (AvgIpc) is 2.82. The van der Waals surface area contributed by atoms with Crippen molar-refractivity contribution in [2.75, 3.05) is 32.8 Å². The molecule has 0 aliphatic carbocycles. The SMILES string of the molecule is CCOC(=O)N1CCN(C(=O)c2cc(C#N)c(-c3ccc(C(F)(F)F)cc3)nc2C(F)(F)F)CC1. The first-order valence-corrected chi connectivity index (χ1v) is 10.3. The second-order valence-corrected chi connectivity index (χ2v) is 7.44. The molecule has 1 fully saturated rings. The Labute approximate surface area is 195 Å². The Kier molecular flexibility index (Phi) is 7.23. The van der Waals surface area contributed by atoms with E-state index in [1.165, 1.54) is 4.90 Å². The molecule has 0 bridgehead atoms. The van der Waals surface area contributed by atoms with Gasteiger partial charge in [0, 0.05) is 31.7 Å². The van der Waals surface area contributed by atoms with E-state index in [1.807, 2.05) is 0 Å². The normalized spacial score (nSPS) is 14.5. The minimum absolute atomic E-state index is 0.0358. The molecule has 1 saturated heterocycles. The maximum absolute atomic E-state index is 13.8. The van der Waals surface area contributed by atoms with E-state index in [0.717, 1.165) is 23.1 Å². The Morgan fingerprint density at radius 2 is 1.57 bits per heavy atom. The first-order chi connectivity index (χ1) is 16.4. The van der Waals surface area contributed by atoms with Crippen LogP contribution in [0.5, 0.6) is 0 Å². The first kappa shape index (κ1) is 25.8. The van der Waals surface area contributed by atoms with E-state index in [1.54, 1.807) is 13.0 Å². The molecule has 0 radical (unpaired) electrons. The second-order valence-electron chi connectivity index (χ2n) is 7.44. The lowest BCUT2D eigenvalue weighted by atomic mass is 10.0. The Balaban J connectivity index is 1.97. The average molecular weight is 500 g/mol. The third kappa shape index (κ3) is 5.64. The van der Waals surface area contributed by atoms with Crippen LogP contribution in [0.2, 0.25) is 0 Å². The Morgan fingerprint density at radius 1 is 1.00 bits per heavy atom. The molecule has 13 heteroatoms. The summed E-state index contributed by atoms with van der Waals surface area (Å²) in [5.74, 6) is -1.04. The number of hydrogen-bond acceptors (Lipinski definition) is 5. The monoisotopic (exact) mass is 500 g/mol. The number of rotatable bonds is 3. The Morgan fingerprint density at radius 3 is 2.06 bits per heavy atom. The van der Waals surface area contributed by atoms with Crippen molar-refractivity contribution in [1.82, 2.24) is 14.8 Å². The Hall–Kier alpha value is -3.82. The van der Waals surface area contributed by atoms with E-state index in [9.17, 15) is 41.2 Å². The number of nitriles is 1. The third-order valence-electron chi connectivity index (χ3n) is 5.22. The summed E-state index contributed by atoms with van der Waals surface area (Å²) in [6.45, 7) is 1.68. The van der Waals surface area contributed by atoms with Gasteiger partial charge in [-0.25, -0.2) is 9.78 Å². The molecule has 1 aromatic carbocycles. The lowest BCUT2D eigenvalue weighted by Crippen LogP contribution is -2.51. The second kappa shape index (κ2) is 9.81. The predicted octanol–water partition coefficient (Wildman–Crippen LogP) is 4.57. The number of carbonyl (C=O) groups is 2. The van der Waals surface area contributed by atoms with Gasteiger partial charge >= 0.3 is 18.4 Å². The van der Waals surface area contributed by atoms with Gasteiger partial charge in [-0.05, 0) is 25.1 Å². The highest BCUT2D eigenvalue weighted by Gasteiger charge is 2.40. The van der Waals surface area contributed by atoms with Crippen molar-refractivity contribution in [2.45, 2.75) is 19.3 Å². The van der Waals surface area contributed by atoms with Gasteiger partial charge in [0.05, 0.1) is 29.0 Å². The highest BCUT2D eigenvalue weighted by Crippen LogP contribution is 2.36. The van der Waals surface area contributed by atoms with Gasteiger partial charge in [-0.1, -0.05) is 12.1 Å². The molecule has 35 heavy (non-hydrogen) atoms. The maximum atomic E-state index is 13.8. The van der Waals surface area contributed by atoms with Crippen molar-refractivity contribution in [3.8, 4) is 17.3 Å². The van der Waals surface area contributed by atoms with Crippen LogP contribution in [0.4, 0.5) is 31.1 Å². The third-order valence-corrected chi connectivity index (χ3v) is 5.22. The van der Waals surface area contributed by atoms with Crippen molar-refractivity contribution in [1.29, 1.82) is 5.26 Å². The first-order valence-electron chi connectivity index (χ1n) is 10.3. The van der Waals surface area contributed by atoms with Crippen molar-refractivity contribution in [3.05, 3.63) is 52.7 Å². The molecule has 0 unspecified atom stereocenters. The van der Waals surface area contributed by atoms with Crippen LogP contribution < -0.4 is 0 Å². The molecular weight excluding hydrogens is 482 g/mol. The molecule has 1 aliphatic heterocycles. The summed E-state index contributed by atoms with van der Waals surface area (Å²) in [7, 11) is 0. The van der Waals surface area contributed by atoms with Gasteiger partial charge in [-0.15, -0.1) is 0 Å². The van der Waals surface area contributed by atoms with E-state index >= 15 is 0 Å². The summed E-state index contributed by atoms with van der Waals surface area (Å²) >= 11 is 0. The number of benzene rings is 1. The quantitative estimate of drug-likeness (QED) is 0.577. The summed E-state index contributed by atoms with van der Waals surface area (Å²) in [5.41, 5.74) is -4.52. The fourth-order valence-electron chi connectivity index (χ4n) is 3.49. The molecule has 2 aromatic rings. The van der Waals surface area contributed by atoms with Crippen molar-refractivity contribution in [3.63, 3.8) is 0 Å². The van der Waals surface area contributed by atoms with Crippen molar-refractivity contribution < 1.29 is 40.7 Å². The van der Waals surface area contributed by atoms with Gasteiger partial charge in [0.1, 0.15) is 6.07 Å². The molecule has 1 aromatic heterocycles. The van der Waals surface area contributed by atoms with E-state index in [-0.39, 0.29) is 38.3 Å². The van der Waals surface area contributed by atoms with Gasteiger partial charge in [-0.2, -0.15) is 31.6 Å². The predicted molar refractivity (Wildman–Crippen MR) is 109 cm³/mol. The highest BCUT2D eigenvalue weighted by atomic mass is 19.4. The fraction of sp³-hybridized carbons (Fsp3) is 0.364. The van der Waals surface area contributed by atoms with Crippen LogP contribution in [0, 0.1) is 11.3 Å². The number of nitrogens with zero attached hydrogens (tertiary/aromatic N) is 4. The van der Waals surface area contributed by atoms with Crippen LogP contribution in [0.3, 0.4) is 0 Å². The zero-order valence-electron chi connectivity index (χ0n) is 18.2. The topological polar surface area (TPSA) is 86.5 Å². The molecular formula is C22H18F6N4O3. The van der Waals surface area contributed by atoms with Crippen LogP contribution >= 0.6 is 0 Å². The van der Waals surface area contributed by atoms with E-state index in [0.29, 0.717) is 12.1 Å². The standard InChI is InChI=1S/C22H18F6N4O3/c1-2-35-20(34)32-9-7-31(8-10-32)19(33)16-11-14(12-29)17(30-18(16)22(26,27)28)13-3-5-15(6-4-13)21(23,24)25/h3-6,11H,2,7-10H2,1H3. The molecule has 186 valence electrons. The summed E-state index contributed by atoms with van der Waals surface area (Å²) in [5, 5.41) is 9.49. The van der Waals surface area contributed by atoms with Crippen molar-refractivity contribution >= 4 is 12.0 Å². The minimum atomic E-state index is -5.09.